The van der Waals surface area contributed by atoms with Crippen molar-refractivity contribution in [1.82, 2.24) is 15.3 Å². The number of para-hydroxylation sites is 2. The first-order valence-corrected chi connectivity index (χ1v) is 31.7. The highest BCUT2D eigenvalue weighted by Crippen LogP contribution is 2.55. The van der Waals surface area contributed by atoms with E-state index in [2.05, 4.69) is 114 Å². The first-order valence-electron chi connectivity index (χ1n) is 31.0. The van der Waals surface area contributed by atoms with Gasteiger partial charge in [0.25, 0.3) is 0 Å². The molecule has 4 fully saturated rings. The van der Waals surface area contributed by atoms with Crippen LogP contribution in [0.1, 0.15) is 188 Å². The van der Waals surface area contributed by atoms with E-state index in [1.165, 1.54) is 38.9 Å². The summed E-state index contributed by atoms with van der Waals surface area (Å²) in [6, 6.07) is 33.9. The van der Waals surface area contributed by atoms with Gasteiger partial charge in [-0.3, -0.25) is 14.8 Å². The van der Waals surface area contributed by atoms with Crippen LogP contribution in [0.4, 0.5) is 0 Å². The third-order valence-corrected chi connectivity index (χ3v) is 18.6. The van der Waals surface area contributed by atoms with Gasteiger partial charge in [0.1, 0.15) is 35.6 Å². The van der Waals surface area contributed by atoms with Gasteiger partial charge in [-0.2, -0.15) is 0 Å². The van der Waals surface area contributed by atoms with E-state index in [4.69, 9.17) is 43.5 Å². The molecule has 12 nitrogen and oxygen atoms in total. The second-order valence-corrected chi connectivity index (χ2v) is 25.3. The molecule has 458 valence electrons. The SMILES string of the molecule is C.C[C@H](CCCCCC(=O)CC[C@H](O)[C@@H](O)[C@H](O)[C@H](O)CO)c1ccc(Cl)c(CCC2(c3cnccc3-c3ccccc3OC3CC3)CC2)c1.C[C@H](CCCCN)c1ccc(Cl)c(CNC2(c3cnccc3-c3ccccc3OC3CC3)CC2)c1. The molecule has 2 aromatic heterocycles. The molecule has 0 bridgehead atoms. The summed E-state index contributed by atoms with van der Waals surface area (Å²) in [5.74, 6) is 2.77. The van der Waals surface area contributed by atoms with Crippen LogP contribution in [-0.4, -0.2) is 91.1 Å². The summed E-state index contributed by atoms with van der Waals surface area (Å²) in [7, 11) is 0. The zero-order chi connectivity index (χ0) is 59.2. The van der Waals surface area contributed by atoms with Gasteiger partial charge in [-0.1, -0.05) is 124 Å². The average Bonchev–Trinajstić information content (AvgIpc) is 3.55. The number of benzene rings is 4. The number of rotatable bonds is 33. The smallest absolute Gasteiger partial charge is 0.133 e. The van der Waals surface area contributed by atoms with E-state index in [0.717, 1.165) is 160 Å². The number of aryl methyl sites for hydroxylation is 1. The minimum absolute atomic E-state index is 0. The van der Waals surface area contributed by atoms with Crippen LogP contribution in [0.5, 0.6) is 11.5 Å². The minimum Gasteiger partial charge on any atom is -0.490 e. The van der Waals surface area contributed by atoms with Gasteiger partial charge >= 0.3 is 0 Å². The number of nitrogens with two attached hydrogens (primary N) is 1. The molecule has 4 aliphatic carbocycles. The van der Waals surface area contributed by atoms with Gasteiger partial charge in [0.05, 0.1) is 24.9 Å². The van der Waals surface area contributed by atoms with E-state index in [1.807, 2.05) is 36.8 Å². The third-order valence-electron chi connectivity index (χ3n) is 17.8. The molecule has 4 aromatic carbocycles. The molecule has 85 heavy (non-hydrogen) atoms. The Morgan fingerprint density at radius 1 is 0.635 bits per heavy atom. The Kier molecular flexibility index (Phi) is 24.0. The molecular weight excluding hydrogens is 1110 g/mol. The number of hydrogen-bond acceptors (Lipinski definition) is 12. The molecular formula is C71H92Cl2N4O8. The number of carbonyl (C=O) groups is 1. The topological polar surface area (TPSA) is 201 Å². The number of carbonyl (C=O) groups excluding carboxylic acids is 1. The van der Waals surface area contributed by atoms with E-state index in [1.54, 1.807) is 0 Å². The van der Waals surface area contributed by atoms with Gasteiger partial charge in [0, 0.05) is 70.9 Å². The highest BCUT2D eigenvalue weighted by molar-refractivity contribution is 6.31. The van der Waals surface area contributed by atoms with E-state index in [0.29, 0.717) is 30.5 Å². The summed E-state index contributed by atoms with van der Waals surface area (Å²) in [5, 5.41) is 53.5. The number of halogens is 2. The Morgan fingerprint density at radius 2 is 1.16 bits per heavy atom. The Morgan fingerprint density at radius 3 is 1.72 bits per heavy atom. The first kappa shape index (κ1) is 65.7. The first-order chi connectivity index (χ1) is 40.7. The lowest BCUT2D eigenvalue weighted by Crippen LogP contribution is -2.45. The van der Waals surface area contributed by atoms with Crippen molar-refractivity contribution in [3.63, 3.8) is 0 Å². The molecule has 0 aliphatic heterocycles. The molecule has 0 unspecified atom stereocenters. The van der Waals surface area contributed by atoms with Crippen molar-refractivity contribution in [2.75, 3.05) is 13.2 Å². The van der Waals surface area contributed by atoms with E-state index in [9.17, 15) is 25.2 Å². The van der Waals surface area contributed by atoms with Crippen molar-refractivity contribution < 1.29 is 39.8 Å². The number of ether oxygens (including phenoxy) is 2. The molecule has 6 atom stereocenters. The summed E-state index contributed by atoms with van der Waals surface area (Å²) < 4.78 is 12.5. The highest BCUT2D eigenvalue weighted by Gasteiger charge is 2.47. The van der Waals surface area contributed by atoms with E-state index < -0.39 is 31.0 Å². The quantitative estimate of drug-likeness (QED) is 0.0193. The summed E-state index contributed by atoms with van der Waals surface area (Å²) in [5.41, 5.74) is 17.9. The van der Waals surface area contributed by atoms with Crippen LogP contribution in [0.3, 0.4) is 0 Å². The Hall–Kier alpha value is -5.25. The van der Waals surface area contributed by atoms with Crippen LogP contribution in [0.2, 0.25) is 10.0 Å². The fraction of sp³-hybridized carbons (Fsp3) is 0.507. The van der Waals surface area contributed by atoms with Gasteiger partial charge in [-0.25, -0.2) is 0 Å². The molecule has 2 heterocycles. The third kappa shape index (κ3) is 18.0. The largest absolute Gasteiger partial charge is 0.490 e. The molecule has 0 saturated heterocycles. The number of aromatic nitrogens is 2. The standard InChI is InChI=1S/C40H52ClNO7.C30H36ClN3O.CH4/c1-26(7-3-2-4-8-29(44)12-16-35(45)38(47)39(48)36(46)25-43)27-11-15-34(41)28(23-27)17-19-40(20-21-40)33-24-42-22-18-31(33)32-9-5-6-10-37(32)49-30-13-14-30;1-21(6-4-5-16-32)22-9-12-28(31)23(18-22)19-34-30(14-15-30)27-20-33-17-13-25(27)26-7-2-3-8-29(26)35-24-10-11-24;/h5-6,9-11,15,18,22-24,26,30,35-36,38-39,43,45-48H,2-4,7-8,12-14,16-17,19-21,25H2,1H3;2-3,7-9,12-13,17-18,20-21,24,34H,4-6,10-11,14-16,19,32H2,1H3;1H4/t26-,35+,36-,38-,39-;21-;/m11./s1. The molecule has 14 heteroatoms. The predicted octanol–water partition coefficient (Wildman–Crippen LogP) is 14.0. The summed E-state index contributed by atoms with van der Waals surface area (Å²) in [6.07, 6.45) is 20.7. The van der Waals surface area contributed by atoms with Crippen molar-refractivity contribution in [1.29, 1.82) is 0 Å². The highest BCUT2D eigenvalue weighted by atomic mass is 35.5. The van der Waals surface area contributed by atoms with Crippen LogP contribution in [-0.2, 0) is 28.7 Å². The second-order valence-electron chi connectivity index (χ2n) is 24.4. The van der Waals surface area contributed by atoms with Crippen LogP contribution < -0.4 is 20.5 Å². The van der Waals surface area contributed by atoms with Crippen molar-refractivity contribution in [2.45, 2.75) is 216 Å². The molecule has 0 amide bonds. The fourth-order valence-electron chi connectivity index (χ4n) is 11.7. The zero-order valence-electron chi connectivity index (χ0n) is 49.1. The van der Waals surface area contributed by atoms with Crippen LogP contribution in [0.15, 0.2) is 122 Å². The lowest BCUT2D eigenvalue weighted by atomic mass is 9.84. The predicted molar refractivity (Wildman–Crippen MR) is 341 cm³/mol. The number of unbranched alkanes of at least 4 members (excludes halogenated alkanes) is 3. The minimum atomic E-state index is -1.68. The molecule has 4 saturated carbocycles. The van der Waals surface area contributed by atoms with Gasteiger partial charge in [0.15, 0.2) is 0 Å². The summed E-state index contributed by atoms with van der Waals surface area (Å²) in [4.78, 5) is 21.4. The molecule has 10 rings (SSSR count). The number of aliphatic hydroxyl groups excluding tert-OH is 5. The van der Waals surface area contributed by atoms with E-state index in [-0.39, 0.29) is 37.0 Å². The molecule has 0 radical (unpaired) electrons. The second kappa shape index (κ2) is 31.1. The maximum atomic E-state index is 12.3. The fourth-order valence-corrected chi connectivity index (χ4v) is 12.1. The van der Waals surface area contributed by atoms with Crippen LogP contribution in [0.25, 0.3) is 22.3 Å². The number of hydrogen-bond donors (Lipinski definition) is 7. The summed E-state index contributed by atoms with van der Waals surface area (Å²) in [6.45, 7) is 5.29. The molecule has 0 spiro atoms. The van der Waals surface area contributed by atoms with Crippen molar-refractivity contribution in [3.8, 4) is 33.8 Å². The number of pyridine rings is 2. The number of ketones is 1. The number of nitrogens with zero attached hydrogens (tertiary/aromatic N) is 2. The average molecular weight is 1200 g/mol. The maximum Gasteiger partial charge on any atom is 0.133 e. The van der Waals surface area contributed by atoms with Crippen molar-refractivity contribution in [2.24, 2.45) is 5.73 Å². The van der Waals surface area contributed by atoms with Gasteiger partial charge < -0.3 is 46.1 Å². The van der Waals surface area contributed by atoms with Crippen LogP contribution in [0, 0.1) is 0 Å². The number of aliphatic hydroxyl groups is 5. The van der Waals surface area contributed by atoms with E-state index >= 15 is 0 Å². The maximum absolute atomic E-state index is 12.3. The number of Topliss-reactive ketones (excluding diaryl/α,β-unsaturated/α-hetero) is 1. The van der Waals surface area contributed by atoms with Gasteiger partial charge in [-0.05, 0) is 201 Å². The Labute approximate surface area is 515 Å². The van der Waals surface area contributed by atoms with Crippen molar-refractivity contribution >= 4 is 29.0 Å². The Bertz CT molecular complexity index is 3090. The van der Waals surface area contributed by atoms with Gasteiger partial charge in [-0.15, -0.1) is 0 Å². The van der Waals surface area contributed by atoms with Crippen molar-refractivity contribution in [3.05, 3.63) is 165 Å². The molecule has 4 aliphatic rings. The van der Waals surface area contributed by atoms with Crippen LogP contribution >= 0.6 is 23.2 Å². The normalized spacial score (nSPS) is 17.7. The monoisotopic (exact) mass is 1200 g/mol. The van der Waals surface area contributed by atoms with Gasteiger partial charge in [0.2, 0.25) is 0 Å². The molecule has 6 aromatic rings. The Balaban J connectivity index is 0.000000230. The molecule has 8 N–H and O–H groups in total. The lowest BCUT2D eigenvalue weighted by Gasteiger charge is -2.25. The zero-order valence-corrected chi connectivity index (χ0v) is 50.6. The summed E-state index contributed by atoms with van der Waals surface area (Å²) >= 11 is 13.4. The lowest BCUT2D eigenvalue weighted by molar-refractivity contribution is -0.125. The number of nitrogens with one attached hydrogen (secondary N) is 1.